The van der Waals surface area contributed by atoms with Gasteiger partial charge in [-0.15, -0.1) is 6.58 Å². The summed E-state index contributed by atoms with van der Waals surface area (Å²) in [5.74, 6) is -0.252. The van der Waals surface area contributed by atoms with Crippen LogP contribution < -0.4 is 15.5 Å². The van der Waals surface area contributed by atoms with Gasteiger partial charge in [-0.1, -0.05) is 24.3 Å². The molecule has 0 saturated carbocycles. The predicted molar refractivity (Wildman–Crippen MR) is 75.9 cm³/mol. The van der Waals surface area contributed by atoms with Crippen molar-refractivity contribution in [2.24, 2.45) is 0 Å². The molecule has 0 aliphatic heterocycles. The van der Waals surface area contributed by atoms with E-state index in [2.05, 4.69) is 17.2 Å². The van der Waals surface area contributed by atoms with Crippen LogP contribution >= 0.6 is 0 Å². The second-order valence-corrected chi connectivity index (χ2v) is 3.91. The van der Waals surface area contributed by atoms with Gasteiger partial charge in [-0.2, -0.15) is 0 Å². The molecule has 2 N–H and O–H groups in total. The first-order chi connectivity index (χ1) is 9.19. The van der Waals surface area contributed by atoms with Crippen molar-refractivity contribution in [2.45, 2.75) is 0 Å². The number of nitrogens with one attached hydrogen (secondary N) is 2. The van der Waals surface area contributed by atoms with Gasteiger partial charge in [0, 0.05) is 19.3 Å². The summed E-state index contributed by atoms with van der Waals surface area (Å²) in [6.07, 6.45) is 1.67. The Morgan fingerprint density at radius 1 is 1.26 bits per heavy atom. The summed E-state index contributed by atoms with van der Waals surface area (Å²) in [7, 11) is 1.56. The summed E-state index contributed by atoms with van der Waals surface area (Å²) in [5.41, 5.74) is 0.814. The minimum Gasteiger partial charge on any atom is -0.358 e. The molecule has 0 saturated heterocycles. The standard InChI is InChI=1S/C14H19N3O2/c1-3-9-17(12-7-5-4-6-8-12)14(19)11-16-10-13(18)15-2/h3-8,16H,1,9-11H2,2H3,(H,15,18). The lowest BCUT2D eigenvalue weighted by Crippen LogP contribution is -2.41. The first-order valence-corrected chi connectivity index (χ1v) is 6.06. The molecule has 2 amide bonds. The molecule has 0 unspecified atom stereocenters. The molecule has 1 aromatic carbocycles. The van der Waals surface area contributed by atoms with Crippen molar-refractivity contribution in [1.29, 1.82) is 0 Å². The van der Waals surface area contributed by atoms with E-state index in [1.807, 2.05) is 30.3 Å². The zero-order chi connectivity index (χ0) is 14.1. The van der Waals surface area contributed by atoms with Gasteiger partial charge in [0.05, 0.1) is 13.1 Å². The zero-order valence-electron chi connectivity index (χ0n) is 11.1. The molecule has 0 aromatic heterocycles. The lowest BCUT2D eigenvalue weighted by molar-refractivity contribution is -0.120. The number of amides is 2. The number of benzene rings is 1. The summed E-state index contributed by atoms with van der Waals surface area (Å²) < 4.78 is 0. The molecule has 0 radical (unpaired) electrons. The lowest BCUT2D eigenvalue weighted by Gasteiger charge is -2.21. The molecule has 5 nitrogen and oxygen atoms in total. The zero-order valence-corrected chi connectivity index (χ0v) is 11.1. The van der Waals surface area contributed by atoms with Gasteiger partial charge in [0.1, 0.15) is 0 Å². The first-order valence-electron chi connectivity index (χ1n) is 6.06. The SMILES string of the molecule is C=CCN(C(=O)CNCC(=O)NC)c1ccccc1. The Balaban J connectivity index is 2.59. The van der Waals surface area contributed by atoms with Gasteiger partial charge in [-0.25, -0.2) is 0 Å². The van der Waals surface area contributed by atoms with E-state index < -0.39 is 0 Å². The molecule has 0 aliphatic carbocycles. The Morgan fingerprint density at radius 3 is 2.53 bits per heavy atom. The molecular weight excluding hydrogens is 242 g/mol. The summed E-state index contributed by atoms with van der Waals surface area (Å²) >= 11 is 0. The van der Waals surface area contributed by atoms with E-state index in [1.54, 1.807) is 18.0 Å². The number of para-hydroxylation sites is 1. The van der Waals surface area contributed by atoms with E-state index in [0.29, 0.717) is 6.54 Å². The molecule has 0 fully saturated rings. The molecular formula is C14H19N3O2. The molecule has 19 heavy (non-hydrogen) atoms. The molecule has 0 spiro atoms. The van der Waals surface area contributed by atoms with Crippen LogP contribution in [0.4, 0.5) is 5.69 Å². The van der Waals surface area contributed by atoms with Crippen LogP contribution in [-0.2, 0) is 9.59 Å². The molecule has 0 atom stereocenters. The maximum absolute atomic E-state index is 12.1. The summed E-state index contributed by atoms with van der Waals surface area (Å²) in [6, 6.07) is 9.36. The van der Waals surface area contributed by atoms with Gasteiger partial charge in [0.2, 0.25) is 11.8 Å². The molecule has 102 valence electrons. The first kappa shape index (κ1) is 14.9. The second-order valence-electron chi connectivity index (χ2n) is 3.91. The molecule has 1 rings (SSSR count). The molecule has 5 heteroatoms. The van der Waals surface area contributed by atoms with Crippen molar-refractivity contribution >= 4 is 17.5 Å². The highest BCUT2D eigenvalue weighted by Crippen LogP contribution is 2.12. The highest BCUT2D eigenvalue weighted by Gasteiger charge is 2.13. The quantitative estimate of drug-likeness (QED) is 0.704. The predicted octanol–water partition coefficient (Wildman–Crippen LogP) is 0.541. The van der Waals surface area contributed by atoms with Crippen molar-refractivity contribution in [3.8, 4) is 0 Å². The van der Waals surface area contributed by atoms with Gasteiger partial charge < -0.3 is 10.2 Å². The van der Waals surface area contributed by atoms with Crippen LogP contribution in [0.1, 0.15) is 0 Å². The average molecular weight is 261 g/mol. The smallest absolute Gasteiger partial charge is 0.241 e. The maximum atomic E-state index is 12.1. The normalized spacial score (nSPS) is 9.74. The third kappa shape index (κ3) is 4.93. The van der Waals surface area contributed by atoms with Crippen LogP contribution in [0.2, 0.25) is 0 Å². The van der Waals surface area contributed by atoms with Gasteiger partial charge in [-0.3, -0.25) is 14.9 Å². The van der Waals surface area contributed by atoms with Crippen LogP contribution in [0.5, 0.6) is 0 Å². The molecule has 0 aliphatic rings. The van der Waals surface area contributed by atoms with E-state index >= 15 is 0 Å². The Hall–Kier alpha value is -2.14. The monoisotopic (exact) mass is 261 g/mol. The Bertz CT molecular complexity index is 432. The van der Waals surface area contributed by atoms with Crippen molar-refractivity contribution < 1.29 is 9.59 Å². The highest BCUT2D eigenvalue weighted by atomic mass is 16.2. The fourth-order valence-electron chi connectivity index (χ4n) is 1.56. The third-order valence-corrected chi connectivity index (χ3v) is 2.52. The van der Waals surface area contributed by atoms with Crippen LogP contribution in [0.3, 0.4) is 0 Å². The van der Waals surface area contributed by atoms with Crippen LogP contribution in [0.25, 0.3) is 0 Å². The maximum Gasteiger partial charge on any atom is 0.241 e. The van der Waals surface area contributed by atoms with E-state index in [1.165, 1.54) is 0 Å². The minimum absolute atomic E-state index is 0.102. The second kappa shape index (κ2) is 8.05. The summed E-state index contributed by atoms with van der Waals surface area (Å²) in [4.78, 5) is 24.7. The van der Waals surface area contributed by atoms with Crippen molar-refractivity contribution in [2.75, 3.05) is 31.6 Å². The van der Waals surface area contributed by atoms with Gasteiger partial charge in [-0.05, 0) is 12.1 Å². The van der Waals surface area contributed by atoms with Crippen molar-refractivity contribution in [3.05, 3.63) is 43.0 Å². The number of likely N-dealkylation sites (N-methyl/N-ethyl adjacent to an activating group) is 1. The topological polar surface area (TPSA) is 61.4 Å². The molecule has 0 heterocycles. The number of hydrogen-bond acceptors (Lipinski definition) is 3. The summed E-state index contributed by atoms with van der Waals surface area (Å²) in [6.45, 7) is 4.32. The Labute approximate surface area is 113 Å². The van der Waals surface area contributed by atoms with Crippen molar-refractivity contribution in [3.63, 3.8) is 0 Å². The number of carbonyl (C=O) groups is 2. The fraction of sp³-hybridized carbons (Fsp3) is 0.286. The Kier molecular flexibility index (Phi) is 6.32. The molecule has 1 aromatic rings. The van der Waals surface area contributed by atoms with Crippen molar-refractivity contribution in [1.82, 2.24) is 10.6 Å². The minimum atomic E-state index is -0.150. The van der Waals surface area contributed by atoms with E-state index in [-0.39, 0.29) is 24.9 Å². The lowest BCUT2D eigenvalue weighted by atomic mass is 10.2. The van der Waals surface area contributed by atoms with Gasteiger partial charge >= 0.3 is 0 Å². The highest BCUT2D eigenvalue weighted by molar-refractivity contribution is 5.95. The Morgan fingerprint density at radius 2 is 1.95 bits per heavy atom. The third-order valence-electron chi connectivity index (χ3n) is 2.52. The summed E-state index contributed by atoms with van der Waals surface area (Å²) in [5, 5.41) is 5.29. The average Bonchev–Trinajstić information content (AvgIpc) is 2.45. The fourth-order valence-corrected chi connectivity index (χ4v) is 1.56. The van der Waals surface area contributed by atoms with Crippen LogP contribution in [0.15, 0.2) is 43.0 Å². The number of carbonyl (C=O) groups excluding carboxylic acids is 2. The largest absolute Gasteiger partial charge is 0.358 e. The number of anilines is 1. The van der Waals surface area contributed by atoms with Gasteiger partial charge in [0.25, 0.3) is 0 Å². The van der Waals surface area contributed by atoms with E-state index in [9.17, 15) is 9.59 Å². The number of rotatable bonds is 7. The molecule has 0 bridgehead atoms. The number of hydrogen-bond donors (Lipinski definition) is 2. The van der Waals surface area contributed by atoms with E-state index in [4.69, 9.17) is 0 Å². The van der Waals surface area contributed by atoms with Crippen LogP contribution in [0, 0.1) is 0 Å². The van der Waals surface area contributed by atoms with Crippen LogP contribution in [-0.4, -0.2) is 38.5 Å². The van der Waals surface area contributed by atoms with Gasteiger partial charge in [0.15, 0.2) is 0 Å². The number of nitrogens with zero attached hydrogens (tertiary/aromatic N) is 1. The van der Waals surface area contributed by atoms with E-state index in [0.717, 1.165) is 5.69 Å².